The van der Waals surface area contributed by atoms with E-state index in [0.717, 1.165) is 16.0 Å². The molecular weight excluding hydrogens is 452 g/mol. The molecular formula is C26H26N2O5S. The second-order valence-corrected chi connectivity index (χ2v) is 8.10. The van der Waals surface area contributed by atoms with Crippen molar-refractivity contribution in [3.63, 3.8) is 0 Å². The topological polar surface area (TPSA) is 96.9 Å². The van der Waals surface area contributed by atoms with E-state index in [4.69, 9.17) is 14.7 Å². The summed E-state index contributed by atoms with van der Waals surface area (Å²) in [6, 6.07) is 19.9. The van der Waals surface area contributed by atoms with E-state index in [0.29, 0.717) is 28.2 Å². The molecule has 0 saturated carbocycles. The van der Waals surface area contributed by atoms with Gasteiger partial charge in [-0.05, 0) is 65.4 Å². The van der Waals surface area contributed by atoms with Crippen molar-refractivity contribution in [3.05, 3.63) is 89.0 Å². The summed E-state index contributed by atoms with van der Waals surface area (Å²) in [6.07, 6.45) is 3.84. The summed E-state index contributed by atoms with van der Waals surface area (Å²) in [6.45, 7) is 0.260. The lowest BCUT2D eigenvalue weighted by molar-refractivity contribution is -0.115. The molecule has 7 nitrogen and oxygen atoms in total. The van der Waals surface area contributed by atoms with Gasteiger partial charge in [-0.3, -0.25) is 14.8 Å². The highest BCUT2D eigenvalue weighted by Gasteiger charge is 2.15. The number of rotatable bonds is 9. The van der Waals surface area contributed by atoms with E-state index in [1.165, 1.54) is 0 Å². The first-order chi connectivity index (χ1) is 16.5. The molecule has 3 aromatic rings. The number of ether oxygens (including phenoxy) is 2. The Balaban J connectivity index is 1.88. The zero-order valence-corrected chi connectivity index (χ0v) is 19.9. The van der Waals surface area contributed by atoms with Crippen molar-refractivity contribution in [2.24, 2.45) is 0 Å². The van der Waals surface area contributed by atoms with E-state index in [2.05, 4.69) is 5.32 Å². The minimum Gasteiger partial charge on any atom is -0.493 e. The molecule has 34 heavy (non-hydrogen) atoms. The fourth-order valence-electron chi connectivity index (χ4n) is 3.27. The zero-order valence-electron chi connectivity index (χ0n) is 19.1. The lowest BCUT2D eigenvalue weighted by atomic mass is 10.0. The lowest BCUT2D eigenvalue weighted by Gasteiger charge is -2.13. The summed E-state index contributed by atoms with van der Waals surface area (Å²) >= 11 is 1.65. The van der Waals surface area contributed by atoms with E-state index >= 15 is 0 Å². The summed E-state index contributed by atoms with van der Waals surface area (Å²) in [5.41, 5.74) is 4.75. The monoisotopic (exact) mass is 478 g/mol. The summed E-state index contributed by atoms with van der Waals surface area (Å²) < 4.78 is 10.7. The Morgan fingerprint density at radius 3 is 2.15 bits per heavy atom. The van der Waals surface area contributed by atoms with Crippen LogP contribution in [0.2, 0.25) is 0 Å². The van der Waals surface area contributed by atoms with Crippen LogP contribution in [0.25, 0.3) is 11.6 Å². The number of methoxy groups -OCH3 is 2. The number of thioether (sulfide) groups is 1. The Morgan fingerprint density at radius 2 is 1.56 bits per heavy atom. The predicted molar refractivity (Wildman–Crippen MR) is 133 cm³/mol. The third-order valence-electron chi connectivity index (χ3n) is 5.14. The smallest absolute Gasteiger partial charge is 0.274 e. The standard InChI is InChI=1S/C26H26N2O5S/c1-32-23-13-10-20(15-24(23)33-2)22(14-17-6-11-21(34-3)12-7-17)26(30)27-16-18-4-8-19(9-5-18)25(29)28-31/h4-15,31H,16H2,1-3H3,(H,27,30)(H,28,29). The van der Waals surface area contributed by atoms with Crippen molar-refractivity contribution in [1.82, 2.24) is 10.8 Å². The molecule has 176 valence electrons. The lowest BCUT2D eigenvalue weighted by Crippen LogP contribution is -2.24. The van der Waals surface area contributed by atoms with E-state index in [1.807, 2.05) is 42.7 Å². The first-order valence-corrected chi connectivity index (χ1v) is 11.6. The Hall–Kier alpha value is -3.75. The van der Waals surface area contributed by atoms with E-state index in [-0.39, 0.29) is 12.5 Å². The Kier molecular flexibility index (Phi) is 8.73. The highest BCUT2D eigenvalue weighted by atomic mass is 32.2. The number of carbonyl (C=O) groups is 2. The third kappa shape index (κ3) is 6.18. The van der Waals surface area contributed by atoms with Crippen LogP contribution in [0.1, 0.15) is 27.0 Å². The number of amides is 2. The van der Waals surface area contributed by atoms with Crippen LogP contribution >= 0.6 is 11.8 Å². The molecule has 3 N–H and O–H groups in total. The Morgan fingerprint density at radius 1 is 0.912 bits per heavy atom. The molecule has 0 heterocycles. The zero-order chi connectivity index (χ0) is 24.5. The molecule has 2 amide bonds. The van der Waals surface area contributed by atoms with Gasteiger partial charge in [-0.1, -0.05) is 30.3 Å². The van der Waals surface area contributed by atoms with Crippen LogP contribution in [0, 0.1) is 0 Å². The largest absolute Gasteiger partial charge is 0.493 e. The molecule has 0 bridgehead atoms. The average molecular weight is 479 g/mol. The molecule has 8 heteroatoms. The minimum absolute atomic E-state index is 0.260. The molecule has 3 rings (SSSR count). The molecule has 0 aromatic heterocycles. The van der Waals surface area contributed by atoms with Gasteiger partial charge in [0.1, 0.15) is 0 Å². The van der Waals surface area contributed by atoms with Gasteiger partial charge in [-0.2, -0.15) is 0 Å². The summed E-state index contributed by atoms with van der Waals surface area (Å²) in [5, 5.41) is 11.7. The summed E-state index contributed by atoms with van der Waals surface area (Å²) in [4.78, 5) is 25.9. The number of benzene rings is 3. The second-order valence-electron chi connectivity index (χ2n) is 7.22. The van der Waals surface area contributed by atoms with Crippen molar-refractivity contribution in [3.8, 4) is 11.5 Å². The summed E-state index contributed by atoms with van der Waals surface area (Å²) in [5.74, 6) is 0.233. The Labute approximate surface area is 202 Å². The van der Waals surface area contributed by atoms with Crippen molar-refractivity contribution in [2.45, 2.75) is 11.4 Å². The van der Waals surface area contributed by atoms with E-state index < -0.39 is 5.91 Å². The molecule has 0 aliphatic carbocycles. The van der Waals surface area contributed by atoms with Crippen molar-refractivity contribution < 1.29 is 24.3 Å². The fraction of sp³-hybridized carbons (Fsp3) is 0.154. The number of nitrogens with one attached hydrogen (secondary N) is 2. The van der Waals surface area contributed by atoms with Crippen molar-refractivity contribution in [2.75, 3.05) is 20.5 Å². The van der Waals surface area contributed by atoms with Gasteiger partial charge in [0.25, 0.3) is 11.8 Å². The number of carbonyl (C=O) groups excluding carboxylic acids is 2. The maximum atomic E-state index is 13.3. The quantitative estimate of drug-likeness (QED) is 0.139. The first-order valence-electron chi connectivity index (χ1n) is 10.4. The first kappa shape index (κ1) is 24.9. The van der Waals surface area contributed by atoms with Gasteiger partial charge >= 0.3 is 0 Å². The van der Waals surface area contributed by atoms with Crippen LogP contribution in [-0.4, -0.2) is 37.5 Å². The van der Waals surface area contributed by atoms with Gasteiger partial charge in [0, 0.05) is 22.6 Å². The minimum atomic E-state index is -0.596. The molecule has 0 spiro atoms. The number of hydroxylamine groups is 1. The molecule has 0 atom stereocenters. The third-order valence-corrected chi connectivity index (χ3v) is 5.88. The highest BCUT2D eigenvalue weighted by molar-refractivity contribution is 7.98. The normalized spacial score (nSPS) is 11.0. The van der Waals surface area contributed by atoms with Gasteiger partial charge < -0.3 is 14.8 Å². The molecule has 0 aliphatic heterocycles. The van der Waals surface area contributed by atoms with Crippen LogP contribution in [-0.2, 0) is 11.3 Å². The molecule has 3 aromatic carbocycles. The maximum absolute atomic E-state index is 13.3. The van der Waals surface area contributed by atoms with Crippen LogP contribution in [0.5, 0.6) is 11.5 Å². The van der Waals surface area contributed by atoms with Gasteiger partial charge in [-0.25, -0.2) is 5.48 Å². The molecule has 0 fully saturated rings. The van der Waals surface area contributed by atoms with Crippen LogP contribution in [0.15, 0.2) is 71.6 Å². The highest BCUT2D eigenvalue weighted by Crippen LogP contribution is 2.31. The van der Waals surface area contributed by atoms with Crippen LogP contribution in [0.4, 0.5) is 0 Å². The molecule has 0 aliphatic rings. The summed E-state index contributed by atoms with van der Waals surface area (Å²) in [7, 11) is 3.11. The van der Waals surface area contributed by atoms with Gasteiger partial charge in [0.05, 0.1) is 14.2 Å². The van der Waals surface area contributed by atoms with Crippen LogP contribution in [0.3, 0.4) is 0 Å². The van der Waals surface area contributed by atoms with Gasteiger partial charge in [-0.15, -0.1) is 11.8 Å². The fourth-order valence-corrected chi connectivity index (χ4v) is 3.67. The molecule has 0 radical (unpaired) electrons. The second kappa shape index (κ2) is 11.9. The average Bonchev–Trinajstić information content (AvgIpc) is 2.90. The van der Waals surface area contributed by atoms with Crippen molar-refractivity contribution in [1.29, 1.82) is 0 Å². The molecule has 0 saturated heterocycles. The maximum Gasteiger partial charge on any atom is 0.274 e. The number of hydrogen-bond donors (Lipinski definition) is 3. The van der Waals surface area contributed by atoms with Gasteiger partial charge in [0.15, 0.2) is 11.5 Å². The number of hydrogen-bond acceptors (Lipinski definition) is 6. The van der Waals surface area contributed by atoms with E-state index in [1.54, 1.807) is 67.9 Å². The predicted octanol–water partition coefficient (Wildman–Crippen LogP) is 4.40. The van der Waals surface area contributed by atoms with E-state index in [9.17, 15) is 9.59 Å². The SMILES string of the molecule is COc1ccc(C(=Cc2ccc(SC)cc2)C(=O)NCc2ccc(C(=O)NO)cc2)cc1OC. The van der Waals surface area contributed by atoms with Crippen LogP contribution < -0.4 is 20.3 Å². The van der Waals surface area contributed by atoms with Crippen molar-refractivity contribution >= 4 is 35.2 Å². The Bertz CT molecular complexity index is 1170. The molecule has 0 unspecified atom stereocenters. The van der Waals surface area contributed by atoms with Gasteiger partial charge in [0.2, 0.25) is 0 Å².